The first-order chi connectivity index (χ1) is 10.9. The summed E-state index contributed by atoms with van der Waals surface area (Å²) in [5.74, 6) is -0.485. The number of likely N-dealkylation sites (tertiary alicyclic amines) is 1. The third-order valence-electron chi connectivity index (χ3n) is 4.08. The zero-order valence-electron chi connectivity index (χ0n) is 13.1. The Morgan fingerprint density at radius 3 is 2.61 bits per heavy atom. The van der Waals surface area contributed by atoms with E-state index in [0.29, 0.717) is 27.8 Å². The highest BCUT2D eigenvalue weighted by atomic mass is 35.5. The Morgan fingerprint density at radius 1 is 1.35 bits per heavy atom. The predicted molar refractivity (Wildman–Crippen MR) is 93.4 cm³/mol. The molecule has 1 aliphatic rings. The molecule has 4 nitrogen and oxygen atoms in total. The van der Waals surface area contributed by atoms with Crippen LogP contribution in [0.2, 0.25) is 10.0 Å². The number of benzene rings is 1. The van der Waals surface area contributed by atoms with E-state index in [0.717, 1.165) is 12.8 Å². The molecule has 0 aliphatic carbocycles. The van der Waals surface area contributed by atoms with Crippen LogP contribution in [0.1, 0.15) is 33.1 Å². The summed E-state index contributed by atoms with van der Waals surface area (Å²) in [6.07, 6.45) is 4.93. The van der Waals surface area contributed by atoms with Gasteiger partial charge in [-0.25, -0.2) is 0 Å². The first-order valence-corrected chi connectivity index (χ1v) is 8.33. The minimum absolute atomic E-state index is 0.0571. The van der Waals surface area contributed by atoms with Crippen LogP contribution in [0.25, 0.3) is 0 Å². The first kappa shape index (κ1) is 17.7. The zero-order chi connectivity index (χ0) is 17.0. The third kappa shape index (κ3) is 4.40. The highest BCUT2D eigenvalue weighted by molar-refractivity contribution is 6.35. The van der Waals surface area contributed by atoms with E-state index in [9.17, 15) is 10.1 Å². The van der Waals surface area contributed by atoms with Crippen LogP contribution in [0.5, 0.6) is 0 Å². The second-order valence-electron chi connectivity index (χ2n) is 5.81. The van der Waals surface area contributed by atoms with E-state index in [1.807, 2.05) is 6.07 Å². The average Bonchev–Trinajstić information content (AvgIpc) is 2.50. The van der Waals surface area contributed by atoms with Crippen molar-refractivity contribution in [3.05, 3.63) is 40.0 Å². The number of hydrogen-bond acceptors (Lipinski definition) is 3. The van der Waals surface area contributed by atoms with Gasteiger partial charge in [0.05, 0.1) is 10.7 Å². The highest BCUT2D eigenvalue weighted by Gasteiger charge is 2.24. The summed E-state index contributed by atoms with van der Waals surface area (Å²) in [5, 5.41) is 12.8. The third-order valence-corrected chi connectivity index (χ3v) is 4.65. The molecule has 1 N–H and O–H groups in total. The Labute approximate surface area is 146 Å². The minimum atomic E-state index is -0.485. The molecule has 1 amide bonds. The fraction of sp³-hybridized carbons (Fsp3) is 0.412. The lowest BCUT2D eigenvalue weighted by Crippen LogP contribution is -2.40. The van der Waals surface area contributed by atoms with Gasteiger partial charge in [0.1, 0.15) is 11.6 Å². The van der Waals surface area contributed by atoms with Crippen LogP contribution in [-0.2, 0) is 4.79 Å². The van der Waals surface area contributed by atoms with Gasteiger partial charge >= 0.3 is 0 Å². The summed E-state index contributed by atoms with van der Waals surface area (Å²) in [6, 6.07) is 7.39. The maximum atomic E-state index is 12.4. The van der Waals surface area contributed by atoms with Gasteiger partial charge < -0.3 is 10.2 Å². The second-order valence-corrected chi connectivity index (χ2v) is 6.65. The van der Waals surface area contributed by atoms with Gasteiger partial charge in [-0.1, -0.05) is 23.2 Å². The number of nitrogens with one attached hydrogen (secondary N) is 1. The molecule has 1 fully saturated rings. The van der Waals surface area contributed by atoms with Gasteiger partial charge in [-0.3, -0.25) is 4.79 Å². The Hall–Kier alpha value is -1.70. The van der Waals surface area contributed by atoms with Crippen molar-refractivity contribution >= 4 is 34.8 Å². The number of piperidine rings is 1. The summed E-state index contributed by atoms with van der Waals surface area (Å²) >= 11 is 12.0. The van der Waals surface area contributed by atoms with E-state index in [1.54, 1.807) is 24.4 Å². The van der Waals surface area contributed by atoms with Crippen LogP contribution in [0, 0.1) is 11.3 Å². The van der Waals surface area contributed by atoms with Crippen LogP contribution in [-0.4, -0.2) is 22.9 Å². The van der Waals surface area contributed by atoms with Gasteiger partial charge in [-0.2, -0.15) is 5.26 Å². The van der Waals surface area contributed by atoms with Gasteiger partial charge in [0.15, 0.2) is 0 Å². The van der Waals surface area contributed by atoms with Crippen molar-refractivity contribution in [1.29, 1.82) is 5.26 Å². The van der Waals surface area contributed by atoms with Crippen LogP contribution in [0.15, 0.2) is 30.0 Å². The normalized spacial score (nSPS) is 21.7. The van der Waals surface area contributed by atoms with Crippen LogP contribution in [0.4, 0.5) is 5.69 Å². The Kier molecular flexibility index (Phi) is 5.92. The van der Waals surface area contributed by atoms with Crippen LogP contribution < -0.4 is 5.32 Å². The van der Waals surface area contributed by atoms with Crippen molar-refractivity contribution in [2.75, 3.05) is 5.32 Å². The smallest absolute Gasteiger partial charge is 0.267 e. The number of anilines is 1. The van der Waals surface area contributed by atoms with E-state index in [4.69, 9.17) is 23.2 Å². The first-order valence-electron chi connectivity index (χ1n) is 7.58. The molecule has 1 heterocycles. The molecule has 1 aromatic rings. The second kappa shape index (κ2) is 7.72. The molecule has 0 aromatic heterocycles. The van der Waals surface area contributed by atoms with Gasteiger partial charge in [0, 0.05) is 23.3 Å². The number of nitrogens with zero attached hydrogens (tertiary/aromatic N) is 2. The molecule has 0 bridgehead atoms. The number of halogens is 2. The topological polar surface area (TPSA) is 56.1 Å². The standard InChI is InChI=1S/C17H19Cl2N3O/c1-11-4-3-5-12(2)22(11)10-13(9-20)17(23)21-16-8-14(18)6-7-15(16)19/h6-8,10-12H,3-5H2,1-2H3,(H,21,23)/b13-10-. The summed E-state index contributed by atoms with van der Waals surface area (Å²) < 4.78 is 0. The van der Waals surface area contributed by atoms with Gasteiger partial charge in [0.25, 0.3) is 5.91 Å². The van der Waals surface area contributed by atoms with Gasteiger partial charge in [-0.05, 0) is 51.3 Å². The van der Waals surface area contributed by atoms with Crippen molar-refractivity contribution in [2.45, 2.75) is 45.2 Å². The molecule has 122 valence electrons. The van der Waals surface area contributed by atoms with Crippen molar-refractivity contribution in [1.82, 2.24) is 4.90 Å². The number of nitriles is 1. The van der Waals surface area contributed by atoms with Gasteiger partial charge in [0.2, 0.25) is 0 Å². The lowest BCUT2D eigenvalue weighted by molar-refractivity contribution is -0.112. The number of hydrogen-bond donors (Lipinski definition) is 1. The predicted octanol–water partition coefficient (Wildman–Crippen LogP) is 4.60. The number of rotatable bonds is 3. The van der Waals surface area contributed by atoms with E-state index in [1.165, 1.54) is 6.42 Å². The molecule has 2 rings (SSSR count). The van der Waals surface area contributed by atoms with Crippen molar-refractivity contribution in [3.8, 4) is 6.07 Å². The van der Waals surface area contributed by atoms with E-state index in [2.05, 4.69) is 24.1 Å². The number of carbonyl (C=O) groups is 1. The summed E-state index contributed by atoms with van der Waals surface area (Å²) in [7, 11) is 0. The fourth-order valence-corrected chi connectivity index (χ4v) is 3.10. The lowest BCUT2D eigenvalue weighted by Gasteiger charge is -2.38. The molecule has 0 spiro atoms. The molecule has 23 heavy (non-hydrogen) atoms. The molecule has 1 aromatic carbocycles. The Bertz CT molecular complexity index is 656. The van der Waals surface area contributed by atoms with E-state index < -0.39 is 5.91 Å². The molecule has 6 heteroatoms. The number of carbonyl (C=O) groups excluding carboxylic acids is 1. The monoisotopic (exact) mass is 351 g/mol. The number of amides is 1. The molecule has 1 saturated heterocycles. The van der Waals surface area contributed by atoms with E-state index in [-0.39, 0.29) is 5.57 Å². The van der Waals surface area contributed by atoms with Crippen LogP contribution >= 0.6 is 23.2 Å². The molecular weight excluding hydrogens is 333 g/mol. The maximum Gasteiger partial charge on any atom is 0.267 e. The van der Waals surface area contributed by atoms with Crippen molar-refractivity contribution in [2.24, 2.45) is 0 Å². The summed E-state index contributed by atoms with van der Waals surface area (Å²) in [4.78, 5) is 14.4. The van der Waals surface area contributed by atoms with Gasteiger partial charge in [-0.15, -0.1) is 0 Å². The SMILES string of the molecule is CC1CCCC(C)N1/C=C(/C#N)C(=O)Nc1cc(Cl)ccc1Cl. The largest absolute Gasteiger partial charge is 0.371 e. The summed E-state index contributed by atoms with van der Waals surface area (Å²) in [5.41, 5.74) is 0.451. The fourth-order valence-electron chi connectivity index (χ4n) is 2.77. The van der Waals surface area contributed by atoms with Crippen molar-refractivity contribution < 1.29 is 4.79 Å². The molecule has 2 atom stereocenters. The molecule has 2 unspecified atom stereocenters. The minimum Gasteiger partial charge on any atom is -0.371 e. The molecular formula is C17H19Cl2N3O. The Balaban J connectivity index is 2.20. The van der Waals surface area contributed by atoms with Crippen molar-refractivity contribution in [3.63, 3.8) is 0 Å². The molecule has 1 aliphatic heterocycles. The lowest BCUT2D eigenvalue weighted by atomic mass is 9.98. The molecule has 0 saturated carbocycles. The average molecular weight is 352 g/mol. The van der Waals surface area contributed by atoms with E-state index >= 15 is 0 Å². The van der Waals surface area contributed by atoms with Crippen LogP contribution in [0.3, 0.4) is 0 Å². The maximum absolute atomic E-state index is 12.4. The quantitative estimate of drug-likeness (QED) is 0.639. The highest BCUT2D eigenvalue weighted by Crippen LogP contribution is 2.27. The Morgan fingerprint density at radius 2 is 2.00 bits per heavy atom. The molecule has 0 radical (unpaired) electrons. The summed E-state index contributed by atoms with van der Waals surface area (Å²) in [6.45, 7) is 4.21. The zero-order valence-corrected chi connectivity index (χ0v) is 14.7.